The topological polar surface area (TPSA) is 68.9 Å². The fourth-order valence-corrected chi connectivity index (χ4v) is 4.22. The van der Waals surface area contributed by atoms with Gasteiger partial charge in [0.15, 0.2) is 5.65 Å². The number of amides is 1. The van der Waals surface area contributed by atoms with E-state index >= 15 is 0 Å². The fraction of sp³-hybridized carbons (Fsp3) is 0.435. The van der Waals surface area contributed by atoms with Crippen molar-refractivity contribution in [3.8, 4) is 0 Å². The van der Waals surface area contributed by atoms with E-state index in [4.69, 9.17) is 0 Å². The number of aryl methyl sites for hydroxylation is 1. The minimum Gasteiger partial charge on any atom is -0.353 e. The first-order valence-corrected chi connectivity index (χ1v) is 10.7. The number of halogens is 2. The van der Waals surface area contributed by atoms with E-state index in [-0.39, 0.29) is 41.5 Å². The van der Waals surface area contributed by atoms with Gasteiger partial charge in [0, 0.05) is 42.2 Å². The number of aromatic nitrogens is 3. The highest BCUT2D eigenvalue weighted by Crippen LogP contribution is 2.26. The lowest BCUT2D eigenvalue weighted by Crippen LogP contribution is -2.37. The van der Waals surface area contributed by atoms with Crippen molar-refractivity contribution < 1.29 is 13.6 Å². The molecule has 8 heteroatoms. The molecule has 2 heterocycles. The maximum Gasteiger partial charge on any atom is 0.264 e. The summed E-state index contributed by atoms with van der Waals surface area (Å²) in [6.07, 6.45) is 4.23. The van der Waals surface area contributed by atoms with Crippen LogP contribution in [0.5, 0.6) is 0 Å². The minimum absolute atomic E-state index is 0.0970. The van der Waals surface area contributed by atoms with E-state index < -0.39 is 12.0 Å². The van der Waals surface area contributed by atoms with Gasteiger partial charge in [-0.1, -0.05) is 49.6 Å². The summed E-state index contributed by atoms with van der Waals surface area (Å²) in [6.45, 7) is 0.494. The molecule has 0 bridgehead atoms. The zero-order valence-electron chi connectivity index (χ0n) is 17.3. The predicted molar refractivity (Wildman–Crippen MR) is 114 cm³/mol. The summed E-state index contributed by atoms with van der Waals surface area (Å²) < 4.78 is 30.0. The first kappa shape index (κ1) is 21.2. The Morgan fingerprint density at radius 3 is 2.61 bits per heavy atom. The van der Waals surface area contributed by atoms with Crippen LogP contribution < -0.4 is 10.9 Å². The van der Waals surface area contributed by atoms with Crippen molar-refractivity contribution in [1.82, 2.24) is 19.7 Å². The van der Waals surface area contributed by atoms with Crippen molar-refractivity contribution in [2.75, 3.05) is 0 Å². The lowest BCUT2D eigenvalue weighted by molar-refractivity contribution is -0.122. The molecule has 0 aliphatic heterocycles. The summed E-state index contributed by atoms with van der Waals surface area (Å²) >= 11 is 0. The average molecular weight is 428 g/mol. The van der Waals surface area contributed by atoms with Crippen molar-refractivity contribution in [1.29, 1.82) is 0 Å². The summed E-state index contributed by atoms with van der Waals surface area (Å²) in [4.78, 5) is 25.0. The molecule has 1 aromatic carbocycles. The van der Waals surface area contributed by atoms with E-state index in [0.29, 0.717) is 6.54 Å². The molecule has 2 aromatic heterocycles. The fourth-order valence-electron chi connectivity index (χ4n) is 4.22. The Labute approximate surface area is 178 Å². The summed E-state index contributed by atoms with van der Waals surface area (Å²) in [6, 6.07) is 10.7. The van der Waals surface area contributed by atoms with E-state index in [2.05, 4.69) is 10.4 Å². The highest BCUT2D eigenvalue weighted by molar-refractivity contribution is 5.80. The third-order valence-electron chi connectivity index (χ3n) is 5.81. The second-order valence-corrected chi connectivity index (χ2v) is 8.09. The van der Waals surface area contributed by atoms with Crippen LogP contribution in [0.2, 0.25) is 0 Å². The monoisotopic (exact) mass is 428 g/mol. The van der Waals surface area contributed by atoms with Gasteiger partial charge < -0.3 is 5.32 Å². The van der Waals surface area contributed by atoms with Crippen LogP contribution in [0.15, 0.2) is 47.4 Å². The molecule has 1 fully saturated rings. The molecule has 164 valence electrons. The minimum atomic E-state index is -2.78. The van der Waals surface area contributed by atoms with Gasteiger partial charge in [-0.05, 0) is 18.4 Å². The molecular formula is C23H26F2N4O2. The van der Waals surface area contributed by atoms with E-state index in [1.165, 1.54) is 11.0 Å². The van der Waals surface area contributed by atoms with Crippen LogP contribution in [-0.2, 0) is 17.9 Å². The van der Waals surface area contributed by atoms with E-state index in [1.807, 2.05) is 30.3 Å². The van der Waals surface area contributed by atoms with Gasteiger partial charge in [0.2, 0.25) is 5.91 Å². The normalized spacial score (nSPS) is 14.9. The maximum atomic E-state index is 13.6. The van der Waals surface area contributed by atoms with Crippen molar-refractivity contribution >= 4 is 16.9 Å². The number of hydrogen-bond acceptors (Lipinski definition) is 3. The van der Waals surface area contributed by atoms with Gasteiger partial charge in [-0.2, -0.15) is 5.10 Å². The number of rotatable bonds is 7. The zero-order chi connectivity index (χ0) is 21.8. The van der Waals surface area contributed by atoms with Crippen LogP contribution in [0.1, 0.15) is 56.1 Å². The molecule has 1 saturated carbocycles. The van der Waals surface area contributed by atoms with E-state index in [1.54, 1.807) is 10.9 Å². The second-order valence-electron chi connectivity index (χ2n) is 8.09. The molecule has 6 nitrogen and oxygen atoms in total. The first-order valence-electron chi connectivity index (χ1n) is 10.7. The standard InChI is InChI=1S/C23H26F2N4O2/c24-22(25)18-13-21(31)29(12-11-20(30)26-17-9-5-2-6-10-17)23-19(18)15-28(27-23)14-16-7-3-1-4-8-16/h1,3-4,7-8,13,15,17,22H,2,5-6,9-12,14H2,(H,26,30). The number of alkyl halides is 2. The molecular weight excluding hydrogens is 402 g/mol. The van der Waals surface area contributed by atoms with Gasteiger partial charge in [0.25, 0.3) is 12.0 Å². The molecule has 1 aliphatic carbocycles. The summed E-state index contributed by atoms with van der Waals surface area (Å²) in [5, 5.41) is 7.68. The smallest absolute Gasteiger partial charge is 0.264 e. The van der Waals surface area contributed by atoms with E-state index in [9.17, 15) is 18.4 Å². The van der Waals surface area contributed by atoms with Gasteiger partial charge in [-0.3, -0.25) is 18.8 Å². The van der Waals surface area contributed by atoms with Crippen LogP contribution in [0.4, 0.5) is 8.78 Å². The number of carbonyl (C=O) groups excluding carboxylic acids is 1. The molecule has 1 amide bonds. The Hall–Kier alpha value is -3.03. The number of fused-ring (bicyclic) bond motifs is 1. The molecule has 1 aliphatic rings. The molecule has 3 aromatic rings. The first-order chi connectivity index (χ1) is 15.0. The Bertz CT molecular complexity index is 1100. The van der Waals surface area contributed by atoms with E-state index in [0.717, 1.165) is 37.3 Å². The molecule has 1 N–H and O–H groups in total. The number of benzene rings is 1. The van der Waals surface area contributed by atoms with Gasteiger partial charge in [-0.15, -0.1) is 0 Å². The Morgan fingerprint density at radius 2 is 1.90 bits per heavy atom. The van der Waals surface area contributed by atoms with Crippen molar-refractivity contribution in [3.63, 3.8) is 0 Å². The third-order valence-corrected chi connectivity index (χ3v) is 5.81. The average Bonchev–Trinajstić information content (AvgIpc) is 3.17. The molecule has 0 saturated heterocycles. The third kappa shape index (κ3) is 5.00. The lowest BCUT2D eigenvalue weighted by atomic mass is 9.95. The Balaban J connectivity index is 1.58. The zero-order valence-corrected chi connectivity index (χ0v) is 17.3. The molecule has 0 unspecified atom stereocenters. The summed E-state index contributed by atoms with van der Waals surface area (Å²) in [7, 11) is 0. The molecule has 0 spiro atoms. The molecule has 0 radical (unpaired) electrons. The number of nitrogens with one attached hydrogen (secondary N) is 1. The van der Waals surface area contributed by atoms with Crippen molar-refractivity contribution in [2.45, 2.75) is 64.1 Å². The molecule has 0 atom stereocenters. The summed E-state index contributed by atoms with van der Waals surface area (Å²) in [5.41, 5.74) is 0.249. The van der Waals surface area contributed by atoms with Crippen molar-refractivity contribution in [2.24, 2.45) is 0 Å². The SMILES string of the molecule is O=C(CCn1c(=O)cc(C(F)F)c2cn(Cc3ccccc3)nc21)NC1CCCCC1. The van der Waals surface area contributed by atoms with Crippen LogP contribution in [0.25, 0.3) is 11.0 Å². The second kappa shape index (κ2) is 9.41. The van der Waals surface area contributed by atoms with Crippen molar-refractivity contribution in [3.05, 3.63) is 64.1 Å². The van der Waals surface area contributed by atoms with Crippen LogP contribution in [-0.4, -0.2) is 26.3 Å². The van der Waals surface area contributed by atoms with Gasteiger partial charge >= 0.3 is 0 Å². The molecule has 4 rings (SSSR count). The Morgan fingerprint density at radius 1 is 1.16 bits per heavy atom. The molecule has 31 heavy (non-hydrogen) atoms. The highest BCUT2D eigenvalue weighted by atomic mass is 19.3. The maximum absolute atomic E-state index is 13.6. The van der Waals surface area contributed by atoms with Gasteiger partial charge in [0.1, 0.15) is 0 Å². The van der Waals surface area contributed by atoms with Gasteiger partial charge in [-0.25, -0.2) is 8.78 Å². The van der Waals surface area contributed by atoms with Crippen LogP contribution >= 0.6 is 0 Å². The number of hydrogen-bond donors (Lipinski definition) is 1. The highest BCUT2D eigenvalue weighted by Gasteiger charge is 2.20. The lowest BCUT2D eigenvalue weighted by Gasteiger charge is -2.22. The number of carbonyl (C=O) groups is 1. The van der Waals surface area contributed by atoms with Crippen LogP contribution in [0, 0.1) is 0 Å². The predicted octanol–water partition coefficient (Wildman–Crippen LogP) is 4.02. The quantitative estimate of drug-likeness (QED) is 0.618. The number of pyridine rings is 1. The Kier molecular flexibility index (Phi) is 6.44. The van der Waals surface area contributed by atoms with Gasteiger partial charge in [0.05, 0.1) is 6.54 Å². The number of nitrogens with zero attached hydrogens (tertiary/aromatic N) is 3. The summed E-state index contributed by atoms with van der Waals surface area (Å²) in [5.74, 6) is -0.131. The largest absolute Gasteiger partial charge is 0.353 e. The van der Waals surface area contributed by atoms with Crippen LogP contribution in [0.3, 0.4) is 0 Å².